The molecule has 0 nitrogen and oxygen atoms in total. The second-order valence-corrected chi connectivity index (χ2v) is 12.4. The Labute approximate surface area is 235 Å². The maximum atomic E-state index is 2.46. The van der Waals surface area contributed by atoms with E-state index in [2.05, 4.69) is 83.2 Å². The average molecular weight is 513 g/mol. The van der Waals surface area contributed by atoms with E-state index >= 15 is 0 Å². The van der Waals surface area contributed by atoms with Gasteiger partial charge in [-0.3, -0.25) is 0 Å². The van der Waals surface area contributed by atoms with Crippen molar-refractivity contribution in [3.63, 3.8) is 0 Å². The number of unbranched alkanes of at least 4 members (excludes halogenated alkanes) is 14. The van der Waals surface area contributed by atoms with Crippen molar-refractivity contribution in [3.05, 3.63) is 48.6 Å². The minimum Gasteiger partial charge on any atom is -0.0882 e. The second-order valence-electron chi connectivity index (χ2n) is 12.4. The van der Waals surface area contributed by atoms with Gasteiger partial charge >= 0.3 is 0 Å². The van der Waals surface area contributed by atoms with E-state index < -0.39 is 0 Å². The third-order valence-corrected chi connectivity index (χ3v) is 7.73. The first-order valence-electron chi connectivity index (χ1n) is 16.6. The maximum Gasteiger partial charge on any atom is -0.0169 e. The average Bonchev–Trinajstić information content (AvgIpc) is 2.87. The molecule has 0 aliphatic heterocycles. The van der Waals surface area contributed by atoms with Crippen LogP contribution in [0, 0.1) is 11.3 Å². The summed E-state index contributed by atoms with van der Waals surface area (Å²) in [7, 11) is 0. The molecule has 0 aliphatic rings. The number of hydrogen-bond donors (Lipinski definition) is 0. The zero-order valence-corrected chi connectivity index (χ0v) is 26.3. The smallest absolute Gasteiger partial charge is 0.0169 e. The molecule has 0 fully saturated rings. The molecule has 0 heteroatoms. The van der Waals surface area contributed by atoms with Crippen molar-refractivity contribution >= 4 is 0 Å². The molecule has 0 atom stereocenters. The highest BCUT2D eigenvalue weighted by Gasteiger charge is 2.23. The quantitative estimate of drug-likeness (QED) is 0.0798. The summed E-state index contributed by atoms with van der Waals surface area (Å²) in [6.45, 7) is 11.9. The van der Waals surface area contributed by atoms with Gasteiger partial charge in [0.25, 0.3) is 0 Å². The standard InChI is InChI=1S/C37H68/c1-6-8-10-12-14-16-18-20-22-24-26-28-30-32-34-36(37(3,4)5)35-33-31-29-27-25-23-21-19-17-15-13-11-9-7-2/h14-17,20-23,36H,6-13,18-19,24-35H2,1-5H3/b16-14-,17-15-,22-20-,23-21-. The summed E-state index contributed by atoms with van der Waals surface area (Å²) in [5.74, 6) is 0.889. The van der Waals surface area contributed by atoms with Gasteiger partial charge in [0.2, 0.25) is 0 Å². The van der Waals surface area contributed by atoms with Gasteiger partial charge in [0.1, 0.15) is 0 Å². The van der Waals surface area contributed by atoms with E-state index in [1.807, 2.05) is 0 Å². The lowest BCUT2D eigenvalue weighted by atomic mass is 9.75. The topological polar surface area (TPSA) is 0 Å². The molecule has 0 unspecified atom stereocenters. The molecule has 0 spiro atoms. The Kier molecular flexibility index (Phi) is 27.2. The molecule has 0 aromatic carbocycles. The van der Waals surface area contributed by atoms with Gasteiger partial charge in [-0.2, -0.15) is 0 Å². The van der Waals surface area contributed by atoms with Crippen LogP contribution in [0.5, 0.6) is 0 Å². The van der Waals surface area contributed by atoms with Crippen LogP contribution >= 0.6 is 0 Å². The molecule has 0 saturated heterocycles. The molecule has 0 saturated carbocycles. The van der Waals surface area contributed by atoms with Crippen molar-refractivity contribution in [1.29, 1.82) is 0 Å². The highest BCUT2D eigenvalue weighted by Crippen LogP contribution is 2.34. The van der Waals surface area contributed by atoms with E-state index in [0.717, 1.165) is 18.8 Å². The van der Waals surface area contributed by atoms with Crippen LogP contribution in [0.2, 0.25) is 0 Å². The van der Waals surface area contributed by atoms with E-state index in [0.29, 0.717) is 5.41 Å². The van der Waals surface area contributed by atoms with Crippen LogP contribution in [0.3, 0.4) is 0 Å². The van der Waals surface area contributed by atoms with Crippen molar-refractivity contribution in [3.8, 4) is 0 Å². The van der Waals surface area contributed by atoms with E-state index in [1.54, 1.807) is 0 Å². The van der Waals surface area contributed by atoms with Crippen molar-refractivity contribution < 1.29 is 0 Å². The van der Waals surface area contributed by atoms with Gasteiger partial charge in [-0.1, -0.05) is 147 Å². The fourth-order valence-electron chi connectivity index (χ4n) is 5.06. The second kappa shape index (κ2) is 28.0. The normalized spacial score (nSPS) is 13.0. The monoisotopic (exact) mass is 513 g/mol. The lowest BCUT2D eigenvalue weighted by Crippen LogP contribution is -2.20. The summed E-state index contributed by atoms with van der Waals surface area (Å²) in [6.07, 6.45) is 48.3. The molecule has 0 N–H and O–H groups in total. The number of allylic oxidation sites excluding steroid dienone is 8. The fraction of sp³-hybridized carbons (Fsp3) is 0.784. The van der Waals surface area contributed by atoms with Crippen LogP contribution in [0.1, 0.15) is 176 Å². The first-order chi connectivity index (χ1) is 18.0. The third kappa shape index (κ3) is 27.8. The van der Waals surface area contributed by atoms with Gasteiger partial charge in [-0.25, -0.2) is 0 Å². The van der Waals surface area contributed by atoms with E-state index in [1.165, 1.54) is 128 Å². The fourth-order valence-corrected chi connectivity index (χ4v) is 5.06. The largest absolute Gasteiger partial charge is 0.0882 e. The highest BCUT2D eigenvalue weighted by atomic mass is 14.3. The highest BCUT2D eigenvalue weighted by molar-refractivity contribution is 4.93. The predicted molar refractivity (Wildman–Crippen MR) is 172 cm³/mol. The van der Waals surface area contributed by atoms with Gasteiger partial charge in [-0.05, 0) is 88.4 Å². The van der Waals surface area contributed by atoms with E-state index in [4.69, 9.17) is 0 Å². The molecule has 0 radical (unpaired) electrons. The van der Waals surface area contributed by atoms with Crippen LogP contribution in [0.4, 0.5) is 0 Å². The number of hydrogen-bond acceptors (Lipinski definition) is 0. The Hall–Kier alpha value is -1.04. The van der Waals surface area contributed by atoms with Crippen LogP contribution in [0.15, 0.2) is 48.6 Å². The Bertz CT molecular complexity index is 509. The van der Waals surface area contributed by atoms with Gasteiger partial charge in [0.05, 0.1) is 0 Å². The summed E-state index contributed by atoms with van der Waals surface area (Å²) in [6, 6.07) is 0. The van der Waals surface area contributed by atoms with Crippen LogP contribution in [-0.4, -0.2) is 0 Å². The zero-order valence-electron chi connectivity index (χ0n) is 26.3. The summed E-state index contributed by atoms with van der Waals surface area (Å²) in [4.78, 5) is 0. The minimum absolute atomic E-state index is 0.458. The van der Waals surface area contributed by atoms with Gasteiger partial charge in [0.15, 0.2) is 0 Å². The molecule has 0 aromatic heterocycles. The Morgan fingerprint density at radius 3 is 1.05 bits per heavy atom. The van der Waals surface area contributed by atoms with Crippen molar-refractivity contribution in [2.45, 2.75) is 176 Å². The van der Waals surface area contributed by atoms with Gasteiger partial charge < -0.3 is 0 Å². The predicted octanol–water partition coefficient (Wildman–Crippen LogP) is 13.5. The Morgan fingerprint density at radius 1 is 0.405 bits per heavy atom. The maximum absolute atomic E-state index is 2.46. The van der Waals surface area contributed by atoms with Gasteiger partial charge in [0, 0.05) is 0 Å². The summed E-state index contributed by atoms with van der Waals surface area (Å²) >= 11 is 0. The molecule has 37 heavy (non-hydrogen) atoms. The van der Waals surface area contributed by atoms with Crippen LogP contribution in [-0.2, 0) is 0 Å². The first-order valence-corrected chi connectivity index (χ1v) is 16.6. The van der Waals surface area contributed by atoms with Crippen LogP contribution in [0.25, 0.3) is 0 Å². The Morgan fingerprint density at radius 2 is 0.730 bits per heavy atom. The molecule has 0 amide bonds. The molecule has 0 aliphatic carbocycles. The van der Waals surface area contributed by atoms with E-state index in [9.17, 15) is 0 Å². The SMILES string of the molecule is CCCCC/C=C\C/C=C\CCCCCCC(CCCCCC/C=C\C/C=C\CCCCC)C(C)(C)C. The molecule has 0 rings (SSSR count). The molecule has 216 valence electrons. The summed E-state index contributed by atoms with van der Waals surface area (Å²) in [5.41, 5.74) is 0.458. The molecule has 0 bridgehead atoms. The molecule has 0 aromatic rings. The lowest BCUT2D eigenvalue weighted by molar-refractivity contribution is 0.201. The van der Waals surface area contributed by atoms with Crippen molar-refractivity contribution in [2.24, 2.45) is 11.3 Å². The summed E-state index contributed by atoms with van der Waals surface area (Å²) in [5, 5.41) is 0. The molecular weight excluding hydrogens is 444 g/mol. The first kappa shape index (κ1) is 36.0. The number of rotatable bonds is 26. The van der Waals surface area contributed by atoms with E-state index in [-0.39, 0.29) is 0 Å². The van der Waals surface area contributed by atoms with Gasteiger partial charge in [-0.15, -0.1) is 0 Å². The Balaban J connectivity index is 3.73. The zero-order chi connectivity index (χ0) is 27.3. The third-order valence-electron chi connectivity index (χ3n) is 7.73. The lowest BCUT2D eigenvalue weighted by Gasteiger charge is -2.31. The molecular formula is C37H68. The van der Waals surface area contributed by atoms with Crippen LogP contribution < -0.4 is 0 Å². The minimum atomic E-state index is 0.458. The molecule has 0 heterocycles. The van der Waals surface area contributed by atoms with Crippen molar-refractivity contribution in [2.75, 3.05) is 0 Å². The summed E-state index contributed by atoms with van der Waals surface area (Å²) < 4.78 is 0. The van der Waals surface area contributed by atoms with Crippen molar-refractivity contribution in [1.82, 2.24) is 0 Å².